The third-order valence-electron chi connectivity index (χ3n) is 4.01. The summed E-state index contributed by atoms with van der Waals surface area (Å²) >= 11 is 0. The van der Waals surface area contributed by atoms with E-state index in [-0.39, 0.29) is 0 Å². The molecular formula is C13H28N2O. The lowest BCUT2D eigenvalue weighted by atomic mass is 9.80. The maximum Gasteiger partial charge on any atom is 0.0740 e. The molecule has 16 heavy (non-hydrogen) atoms. The molecule has 1 unspecified atom stereocenters. The van der Waals surface area contributed by atoms with E-state index in [1.54, 1.807) is 0 Å². The van der Waals surface area contributed by atoms with Crippen LogP contribution in [0.25, 0.3) is 0 Å². The lowest BCUT2D eigenvalue weighted by Gasteiger charge is -2.38. The van der Waals surface area contributed by atoms with Crippen molar-refractivity contribution < 1.29 is 5.11 Å². The topological polar surface area (TPSA) is 35.5 Å². The summed E-state index contributed by atoms with van der Waals surface area (Å²) in [5.74, 6) is 0. The Kier molecular flexibility index (Phi) is 4.77. The fraction of sp³-hybridized carbons (Fsp3) is 1.00. The number of likely N-dealkylation sites (tertiary alicyclic amines) is 1. The van der Waals surface area contributed by atoms with E-state index in [9.17, 15) is 5.11 Å². The molecule has 3 heteroatoms. The van der Waals surface area contributed by atoms with E-state index in [4.69, 9.17) is 0 Å². The minimum atomic E-state index is -0.554. The summed E-state index contributed by atoms with van der Waals surface area (Å²) in [7, 11) is 2.19. The summed E-state index contributed by atoms with van der Waals surface area (Å²) in [6, 6.07) is 0. The summed E-state index contributed by atoms with van der Waals surface area (Å²) in [6.07, 6.45) is 3.31. The van der Waals surface area contributed by atoms with Crippen molar-refractivity contribution >= 4 is 0 Å². The molecule has 1 fully saturated rings. The van der Waals surface area contributed by atoms with Gasteiger partial charge in [0.25, 0.3) is 0 Å². The van der Waals surface area contributed by atoms with E-state index in [2.05, 4.69) is 24.2 Å². The second kappa shape index (κ2) is 5.48. The van der Waals surface area contributed by atoms with Crippen molar-refractivity contribution in [1.82, 2.24) is 10.2 Å². The van der Waals surface area contributed by atoms with Crippen molar-refractivity contribution in [2.45, 2.75) is 45.6 Å². The van der Waals surface area contributed by atoms with Crippen LogP contribution in [0.1, 0.15) is 40.0 Å². The Morgan fingerprint density at radius 3 is 2.44 bits per heavy atom. The van der Waals surface area contributed by atoms with Gasteiger partial charge in [0.2, 0.25) is 0 Å². The maximum absolute atomic E-state index is 9.91. The molecule has 0 bridgehead atoms. The Hall–Kier alpha value is -0.120. The number of hydrogen-bond donors (Lipinski definition) is 2. The first-order chi connectivity index (χ1) is 7.37. The summed E-state index contributed by atoms with van der Waals surface area (Å²) in [6.45, 7) is 10.4. The first-order valence-corrected chi connectivity index (χ1v) is 6.49. The normalized spacial score (nSPS) is 25.3. The molecule has 0 saturated carbocycles. The van der Waals surface area contributed by atoms with Gasteiger partial charge in [0.05, 0.1) is 5.60 Å². The summed E-state index contributed by atoms with van der Waals surface area (Å²) < 4.78 is 0. The number of hydrogen-bond acceptors (Lipinski definition) is 3. The van der Waals surface area contributed by atoms with Crippen LogP contribution in [-0.4, -0.2) is 48.8 Å². The molecule has 1 aliphatic rings. The van der Waals surface area contributed by atoms with Gasteiger partial charge in [0.15, 0.2) is 0 Å². The second-order valence-electron chi connectivity index (χ2n) is 6.07. The predicted molar refractivity (Wildman–Crippen MR) is 68.6 cm³/mol. The molecule has 3 nitrogen and oxygen atoms in total. The van der Waals surface area contributed by atoms with Crippen molar-refractivity contribution in [1.29, 1.82) is 0 Å². The standard InChI is InChI=1S/C13H28N2O/c1-5-13(3,16)11-14-10-12(2)6-8-15(4)9-7-12/h14,16H,5-11H2,1-4H3. The summed E-state index contributed by atoms with van der Waals surface area (Å²) in [5.41, 5.74) is -0.141. The lowest BCUT2D eigenvalue weighted by Crippen LogP contribution is -2.45. The van der Waals surface area contributed by atoms with Gasteiger partial charge in [0.1, 0.15) is 0 Å². The number of nitrogens with zero attached hydrogens (tertiary/aromatic N) is 1. The molecule has 0 aromatic rings. The zero-order chi connectivity index (χ0) is 12.2. The predicted octanol–water partition coefficient (Wildman–Crippen LogP) is 1.47. The highest BCUT2D eigenvalue weighted by Crippen LogP contribution is 2.29. The van der Waals surface area contributed by atoms with E-state index >= 15 is 0 Å². The zero-order valence-electron chi connectivity index (χ0n) is 11.3. The SMILES string of the molecule is CCC(C)(O)CNCC1(C)CCN(C)CC1. The van der Waals surface area contributed by atoms with Gasteiger partial charge in [-0.2, -0.15) is 0 Å². The molecule has 0 aromatic heterocycles. The fourth-order valence-corrected chi connectivity index (χ4v) is 2.09. The Labute approximate surface area is 100 Å². The number of aliphatic hydroxyl groups is 1. The van der Waals surface area contributed by atoms with Crippen LogP contribution in [0.3, 0.4) is 0 Å². The summed E-state index contributed by atoms with van der Waals surface area (Å²) in [5, 5.41) is 13.3. The van der Waals surface area contributed by atoms with Gasteiger partial charge in [-0.3, -0.25) is 0 Å². The number of nitrogens with one attached hydrogen (secondary N) is 1. The Morgan fingerprint density at radius 2 is 1.94 bits per heavy atom. The van der Waals surface area contributed by atoms with Gasteiger partial charge in [-0.25, -0.2) is 0 Å². The van der Waals surface area contributed by atoms with Crippen LogP contribution >= 0.6 is 0 Å². The van der Waals surface area contributed by atoms with Crippen LogP contribution in [0.5, 0.6) is 0 Å². The van der Waals surface area contributed by atoms with E-state index in [1.165, 1.54) is 25.9 Å². The average Bonchev–Trinajstić information content (AvgIpc) is 2.23. The van der Waals surface area contributed by atoms with E-state index in [0.29, 0.717) is 12.0 Å². The van der Waals surface area contributed by atoms with Gasteiger partial charge < -0.3 is 15.3 Å². The van der Waals surface area contributed by atoms with Gasteiger partial charge >= 0.3 is 0 Å². The molecule has 1 atom stereocenters. The summed E-state index contributed by atoms with van der Waals surface area (Å²) in [4.78, 5) is 2.39. The molecule has 0 radical (unpaired) electrons. The van der Waals surface area contributed by atoms with Gasteiger partial charge in [0, 0.05) is 13.1 Å². The van der Waals surface area contributed by atoms with Crippen molar-refractivity contribution in [3.05, 3.63) is 0 Å². The number of rotatable bonds is 5. The lowest BCUT2D eigenvalue weighted by molar-refractivity contribution is 0.0492. The van der Waals surface area contributed by atoms with E-state index in [0.717, 1.165) is 13.0 Å². The van der Waals surface area contributed by atoms with Crippen LogP contribution in [0, 0.1) is 5.41 Å². The first kappa shape index (κ1) is 13.9. The Morgan fingerprint density at radius 1 is 1.38 bits per heavy atom. The highest BCUT2D eigenvalue weighted by molar-refractivity contribution is 4.84. The van der Waals surface area contributed by atoms with E-state index in [1.807, 2.05) is 13.8 Å². The molecule has 1 saturated heterocycles. The smallest absolute Gasteiger partial charge is 0.0740 e. The molecule has 0 aliphatic carbocycles. The second-order valence-corrected chi connectivity index (χ2v) is 6.07. The maximum atomic E-state index is 9.91. The van der Waals surface area contributed by atoms with Crippen LogP contribution in [-0.2, 0) is 0 Å². The minimum Gasteiger partial charge on any atom is -0.389 e. The molecule has 96 valence electrons. The van der Waals surface area contributed by atoms with Crippen molar-refractivity contribution in [3.63, 3.8) is 0 Å². The quantitative estimate of drug-likeness (QED) is 0.748. The fourth-order valence-electron chi connectivity index (χ4n) is 2.09. The Balaban J connectivity index is 2.26. The van der Waals surface area contributed by atoms with Gasteiger partial charge in [-0.05, 0) is 51.7 Å². The molecule has 1 aliphatic heterocycles. The monoisotopic (exact) mass is 228 g/mol. The molecule has 1 heterocycles. The zero-order valence-corrected chi connectivity index (χ0v) is 11.3. The van der Waals surface area contributed by atoms with Crippen molar-refractivity contribution in [3.8, 4) is 0 Å². The Bertz CT molecular complexity index is 208. The third kappa shape index (κ3) is 4.40. The minimum absolute atomic E-state index is 0.413. The average molecular weight is 228 g/mol. The molecule has 0 amide bonds. The van der Waals surface area contributed by atoms with Crippen LogP contribution in [0.15, 0.2) is 0 Å². The van der Waals surface area contributed by atoms with Crippen LogP contribution in [0.4, 0.5) is 0 Å². The van der Waals surface area contributed by atoms with Gasteiger partial charge in [-0.1, -0.05) is 13.8 Å². The molecule has 1 rings (SSSR count). The van der Waals surface area contributed by atoms with Crippen LogP contribution < -0.4 is 5.32 Å². The molecular weight excluding hydrogens is 200 g/mol. The largest absolute Gasteiger partial charge is 0.389 e. The van der Waals surface area contributed by atoms with Gasteiger partial charge in [-0.15, -0.1) is 0 Å². The van der Waals surface area contributed by atoms with Crippen molar-refractivity contribution in [2.75, 3.05) is 33.2 Å². The highest BCUT2D eigenvalue weighted by atomic mass is 16.3. The van der Waals surface area contributed by atoms with Crippen molar-refractivity contribution in [2.24, 2.45) is 5.41 Å². The van der Waals surface area contributed by atoms with E-state index < -0.39 is 5.60 Å². The first-order valence-electron chi connectivity index (χ1n) is 6.49. The third-order valence-corrected chi connectivity index (χ3v) is 4.01. The molecule has 0 spiro atoms. The number of piperidine rings is 1. The molecule has 0 aromatic carbocycles. The molecule has 2 N–H and O–H groups in total. The highest BCUT2D eigenvalue weighted by Gasteiger charge is 2.29. The van der Waals surface area contributed by atoms with Crippen LogP contribution in [0.2, 0.25) is 0 Å².